The molecule has 7 heteroatoms. The van der Waals surface area contributed by atoms with Crippen LogP contribution in [0.25, 0.3) is 0 Å². The largest absolute Gasteiger partial charge is 0.490 e. The lowest BCUT2D eigenvalue weighted by molar-refractivity contribution is -0.143. The number of benzene rings is 2. The predicted molar refractivity (Wildman–Crippen MR) is 114 cm³/mol. The van der Waals surface area contributed by atoms with Crippen molar-refractivity contribution in [2.75, 3.05) is 25.2 Å². The fraction of sp³-hybridized carbons (Fsp3) is 0.364. The first-order valence-electron chi connectivity index (χ1n) is 9.55. The van der Waals surface area contributed by atoms with E-state index in [1.165, 1.54) is 7.11 Å². The van der Waals surface area contributed by atoms with E-state index in [9.17, 15) is 9.59 Å². The Morgan fingerprint density at radius 3 is 2.41 bits per heavy atom. The number of carbonyl (C=O) groups is 2. The molecule has 0 aliphatic carbocycles. The molecular formula is C22H24BrNO5. The summed E-state index contributed by atoms with van der Waals surface area (Å²) in [7, 11) is 1.34. The van der Waals surface area contributed by atoms with Gasteiger partial charge in [-0.3, -0.25) is 9.69 Å². The molecule has 1 aliphatic heterocycles. The van der Waals surface area contributed by atoms with E-state index < -0.39 is 12.0 Å². The van der Waals surface area contributed by atoms with Crippen molar-refractivity contribution in [1.82, 2.24) is 0 Å². The molecule has 0 aromatic heterocycles. The summed E-state index contributed by atoms with van der Waals surface area (Å²) >= 11 is 3.53. The number of methoxy groups -OCH3 is 1. The first-order valence-corrected chi connectivity index (χ1v) is 10.3. The number of ether oxygens (including phenoxy) is 3. The highest BCUT2D eigenvalue weighted by Crippen LogP contribution is 2.36. The van der Waals surface area contributed by atoms with E-state index in [0.29, 0.717) is 31.1 Å². The van der Waals surface area contributed by atoms with Crippen molar-refractivity contribution >= 4 is 33.5 Å². The van der Waals surface area contributed by atoms with E-state index >= 15 is 0 Å². The van der Waals surface area contributed by atoms with E-state index in [0.717, 1.165) is 21.3 Å². The summed E-state index contributed by atoms with van der Waals surface area (Å²) in [6, 6.07) is 10.5. The average molecular weight is 462 g/mol. The third-order valence-corrected chi connectivity index (χ3v) is 5.51. The van der Waals surface area contributed by atoms with Gasteiger partial charge in [-0.25, -0.2) is 4.79 Å². The fourth-order valence-corrected chi connectivity index (χ4v) is 3.98. The minimum absolute atomic E-state index is 0.106. The van der Waals surface area contributed by atoms with E-state index in [4.69, 9.17) is 14.2 Å². The Balaban J connectivity index is 1.92. The zero-order valence-corrected chi connectivity index (χ0v) is 18.3. The molecule has 1 amide bonds. The van der Waals surface area contributed by atoms with Crippen LogP contribution in [-0.4, -0.2) is 38.2 Å². The number of esters is 1. The van der Waals surface area contributed by atoms with Gasteiger partial charge in [0.05, 0.1) is 26.7 Å². The zero-order chi connectivity index (χ0) is 21.0. The number of amides is 1. The molecule has 1 unspecified atom stereocenters. The number of nitrogens with zero attached hydrogens (tertiary/aromatic N) is 1. The predicted octanol–water partition coefficient (Wildman–Crippen LogP) is 3.92. The second-order valence-corrected chi connectivity index (χ2v) is 7.42. The van der Waals surface area contributed by atoms with Crippen LogP contribution < -0.4 is 14.4 Å². The first-order chi connectivity index (χ1) is 14.0. The van der Waals surface area contributed by atoms with E-state index in [-0.39, 0.29) is 12.3 Å². The second-order valence-electron chi connectivity index (χ2n) is 6.57. The summed E-state index contributed by atoms with van der Waals surface area (Å²) in [6.45, 7) is 4.79. The summed E-state index contributed by atoms with van der Waals surface area (Å²) < 4.78 is 17.0. The van der Waals surface area contributed by atoms with Gasteiger partial charge in [0.2, 0.25) is 5.91 Å². The van der Waals surface area contributed by atoms with Crippen LogP contribution in [0.1, 0.15) is 25.0 Å². The van der Waals surface area contributed by atoms with Crippen LogP contribution in [0.3, 0.4) is 0 Å². The van der Waals surface area contributed by atoms with E-state index in [1.54, 1.807) is 4.90 Å². The standard InChI is InChI=1S/C22H24BrNO5/c1-4-28-19-11-15(16(23)13-20(19)29-5-2)12-21(25)24-17-9-7-6-8-14(17)10-18(24)22(26)27-3/h6-9,11,13,18H,4-5,10,12H2,1-3H3. The monoisotopic (exact) mass is 461 g/mol. The molecule has 0 radical (unpaired) electrons. The number of carbonyl (C=O) groups excluding carboxylic acids is 2. The van der Waals surface area contributed by atoms with Crippen molar-refractivity contribution in [3.63, 3.8) is 0 Å². The van der Waals surface area contributed by atoms with Crippen LogP contribution in [0.5, 0.6) is 11.5 Å². The molecule has 0 bridgehead atoms. The van der Waals surface area contributed by atoms with Crippen LogP contribution in [0, 0.1) is 0 Å². The quantitative estimate of drug-likeness (QED) is 0.584. The average Bonchev–Trinajstić information content (AvgIpc) is 3.10. The second kappa shape index (κ2) is 9.31. The molecule has 0 saturated carbocycles. The van der Waals surface area contributed by atoms with Crippen LogP contribution in [0.2, 0.25) is 0 Å². The number of halogens is 1. The summed E-state index contributed by atoms with van der Waals surface area (Å²) in [6.07, 6.45) is 0.554. The van der Waals surface area contributed by atoms with Crippen molar-refractivity contribution in [3.8, 4) is 11.5 Å². The van der Waals surface area contributed by atoms with Gasteiger partial charge in [-0.1, -0.05) is 34.1 Å². The van der Waals surface area contributed by atoms with Gasteiger partial charge < -0.3 is 14.2 Å². The maximum atomic E-state index is 13.3. The Kier molecular flexibility index (Phi) is 6.79. The zero-order valence-electron chi connectivity index (χ0n) is 16.7. The lowest BCUT2D eigenvalue weighted by Crippen LogP contribution is -2.44. The Morgan fingerprint density at radius 1 is 1.10 bits per heavy atom. The minimum Gasteiger partial charge on any atom is -0.490 e. The number of fused-ring (bicyclic) bond motifs is 1. The molecule has 0 N–H and O–H groups in total. The number of para-hydroxylation sites is 1. The smallest absolute Gasteiger partial charge is 0.329 e. The van der Waals surface area contributed by atoms with Gasteiger partial charge in [0, 0.05) is 16.6 Å². The fourth-order valence-electron chi connectivity index (χ4n) is 3.52. The van der Waals surface area contributed by atoms with Crippen LogP contribution in [0.15, 0.2) is 40.9 Å². The Bertz CT molecular complexity index is 914. The van der Waals surface area contributed by atoms with Crippen molar-refractivity contribution in [2.24, 2.45) is 0 Å². The maximum Gasteiger partial charge on any atom is 0.329 e. The molecule has 0 spiro atoms. The topological polar surface area (TPSA) is 65.1 Å². The molecule has 3 rings (SSSR count). The van der Waals surface area contributed by atoms with Crippen LogP contribution >= 0.6 is 15.9 Å². The molecule has 2 aromatic rings. The van der Waals surface area contributed by atoms with E-state index in [1.807, 2.05) is 50.2 Å². The molecule has 0 saturated heterocycles. The van der Waals surface area contributed by atoms with Crippen molar-refractivity contribution < 1.29 is 23.8 Å². The van der Waals surface area contributed by atoms with Gasteiger partial charge in [0.1, 0.15) is 6.04 Å². The molecular weight excluding hydrogens is 438 g/mol. The van der Waals surface area contributed by atoms with Gasteiger partial charge in [-0.05, 0) is 43.2 Å². The van der Waals surface area contributed by atoms with Gasteiger partial charge in [-0.2, -0.15) is 0 Å². The van der Waals surface area contributed by atoms with Gasteiger partial charge >= 0.3 is 5.97 Å². The lowest BCUT2D eigenvalue weighted by Gasteiger charge is -2.24. The SMILES string of the molecule is CCOc1cc(Br)c(CC(=O)N2c3ccccc3CC2C(=O)OC)cc1OCC. The molecule has 0 fully saturated rings. The molecule has 1 heterocycles. The highest BCUT2D eigenvalue weighted by molar-refractivity contribution is 9.10. The number of hydrogen-bond acceptors (Lipinski definition) is 5. The third kappa shape index (κ3) is 4.40. The van der Waals surface area contributed by atoms with E-state index in [2.05, 4.69) is 15.9 Å². The minimum atomic E-state index is -0.655. The molecule has 2 aromatic carbocycles. The van der Waals surface area contributed by atoms with Crippen LogP contribution in [-0.2, 0) is 27.2 Å². The highest BCUT2D eigenvalue weighted by Gasteiger charge is 2.38. The highest BCUT2D eigenvalue weighted by atomic mass is 79.9. The normalized spacial score (nSPS) is 15.0. The first kappa shape index (κ1) is 21.2. The maximum absolute atomic E-state index is 13.3. The Labute approximate surface area is 178 Å². The number of hydrogen-bond donors (Lipinski definition) is 0. The van der Waals surface area contributed by atoms with Gasteiger partial charge in [-0.15, -0.1) is 0 Å². The number of anilines is 1. The summed E-state index contributed by atoms with van der Waals surface area (Å²) in [5.74, 6) is 0.607. The molecule has 1 atom stereocenters. The van der Waals surface area contributed by atoms with Crippen LogP contribution in [0.4, 0.5) is 5.69 Å². The molecule has 29 heavy (non-hydrogen) atoms. The molecule has 1 aliphatic rings. The van der Waals surface area contributed by atoms with Gasteiger partial charge in [0.25, 0.3) is 0 Å². The van der Waals surface area contributed by atoms with Crippen molar-refractivity contribution in [1.29, 1.82) is 0 Å². The van der Waals surface area contributed by atoms with Crippen molar-refractivity contribution in [3.05, 3.63) is 52.0 Å². The number of rotatable bonds is 7. The molecule has 154 valence electrons. The Morgan fingerprint density at radius 2 is 1.76 bits per heavy atom. The Hall–Kier alpha value is -2.54. The molecule has 6 nitrogen and oxygen atoms in total. The summed E-state index contributed by atoms with van der Waals surface area (Å²) in [5.41, 5.74) is 2.46. The van der Waals surface area contributed by atoms with Gasteiger partial charge in [0.15, 0.2) is 11.5 Å². The van der Waals surface area contributed by atoms with Crippen molar-refractivity contribution in [2.45, 2.75) is 32.7 Å². The lowest BCUT2D eigenvalue weighted by atomic mass is 10.1. The summed E-state index contributed by atoms with van der Waals surface area (Å²) in [5, 5.41) is 0. The third-order valence-electron chi connectivity index (χ3n) is 4.77. The summed E-state index contributed by atoms with van der Waals surface area (Å²) in [4.78, 5) is 27.1.